The fourth-order valence-electron chi connectivity index (χ4n) is 2.99. The number of thiophene rings is 1. The van der Waals surface area contributed by atoms with Crippen molar-refractivity contribution >= 4 is 28.8 Å². The lowest BCUT2D eigenvalue weighted by Gasteiger charge is -2.19. The number of rotatable bonds is 9. The van der Waals surface area contributed by atoms with Gasteiger partial charge in [-0.1, -0.05) is 36.7 Å². The summed E-state index contributed by atoms with van der Waals surface area (Å²) in [5.41, 5.74) is 1.02. The van der Waals surface area contributed by atoms with Gasteiger partial charge in [0.05, 0.1) is 17.5 Å². The quantitative estimate of drug-likeness (QED) is 0.559. The number of hydrogen-bond acceptors (Lipinski definition) is 5. The van der Waals surface area contributed by atoms with Crippen LogP contribution in [0.1, 0.15) is 37.8 Å². The molecule has 0 fully saturated rings. The van der Waals surface area contributed by atoms with Gasteiger partial charge in [-0.2, -0.15) is 0 Å². The summed E-state index contributed by atoms with van der Waals surface area (Å²) in [6.07, 6.45) is 0.960. The molecule has 2 aromatic heterocycles. The number of hydrogen-bond donors (Lipinski definition) is 2. The Morgan fingerprint density at radius 2 is 2.07 bits per heavy atom. The average molecular weight is 420 g/mol. The Hall–Kier alpha value is -2.22. The molecule has 1 amide bonds. The van der Waals surface area contributed by atoms with Crippen LogP contribution in [0.4, 0.5) is 0 Å². The summed E-state index contributed by atoms with van der Waals surface area (Å²) in [5.74, 6) is 1.07. The van der Waals surface area contributed by atoms with E-state index >= 15 is 0 Å². The molecule has 2 N–H and O–H groups in total. The van der Waals surface area contributed by atoms with Gasteiger partial charge in [-0.3, -0.25) is 4.79 Å². The standard InChI is InChI=1S/C20H23ClN4O2S/c1-3-10-25(13-19-23-24-20(27-19)17-5-4-11-28-17)12-18(26)22-14(2)15-6-8-16(21)9-7-15/h4-9,11,14H,3,10,12-13H2,1-2H3,(H,22,26)/p+1/t14-/m1/s1. The lowest BCUT2D eigenvalue weighted by Crippen LogP contribution is -3.12. The normalized spacial score (nSPS) is 13.2. The number of aromatic nitrogens is 2. The first-order valence-electron chi connectivity index (χ1n) is 9.29. The Morgan fingerprint density at radius 3 is 2.75 bits per heavy atom. The van der Waals surface area contributed by atoms with Gasteiger partial charge in [0.2, 0.25) is 0 Å². The van der Waals surface area contributed by atoms with Crippen LogP contribution in [0, 0.1) is 0 Å². The molecule has 6 nitrogen and oxygen atoms in total. The van der Waals surface area contributed by atoms with Crippen molar-refractivity contribution in [2.45, 2.75) is 32.9 Å². The maximum atomic E-state index is 12.5. The highest BCUT2D eigenvalue weighted by Gasteiger charge is 2.20. The smallest absolute Gasteiger partial charge is 0.275 e. The van der Waals surface area contributed by atoms with Crippen LogP contribution in [-0.4, -0.2) is 29.2 Å². The maximum absolute atomic E-state index is 12.5. The highest BCUT2D eigenvalue weighted by molar-refractivity contribution is 7.13. The summed E-state index contributed by atoms with van der Waals surface area (Å²) in [6, 6.07) is 11.3. The lowest BCUT2D eigenvalue weighted by molar-refractivity contribution is -0.907. The van der Waals surface area contributed by atoms with Gasteiger partial charge < -0.3 is 14.6 Å². The zero-order chi connectivity index (χ0) is 19.9. The maximum Gasteiger partial charge on any atom is 0.275 e. The second kappa shape index (κ2) is 9.82. The first kappa shape index (κ1) is 20.5. The zero-order valence-corrected chi connectivity index (χ0v) is 17.5. The van der Waals surface area contributed by atoms with E-state index in [0.717, 1.165) is 28.3 Å². The van der Waals surface area contributed by atoms with Gasteiger partial charge >= 0.3 is 0 Å². The topological polar surface area (TPSA) is 72.5 Å². The number of benzene rings is 1. The van der Waals surface area contributed by atoms with E-state index in [2.05, 4.69) is 22.4 Å². The molecule has 3 rings (SSSR count). The molecule has 2 atom stereocenters. The zero-order valence-electron chi connectivity index (χ0n) is 15.9. The third kappa shape index (κ3) is 5.64. The van der Waals surface area contributed by atoms with Crippen LogP contribution in [0.3, 0.4) is 0 Å². The van der Waals surface area contributed by atoms with Gasteiger partial charge in [0.25, 0.3) is 17.7 Å². The summed E-state index contributed by atoms with van der Waals surface area (Å²) in [6.45, 7) is 5.78. The van der Waals surface area contributed by atoms with Crippen LogP contribution < -0.4 is 10.2 Å². The van der Waals surface area contributed by atoms with E-state index in [9.17, 15) is 4.79 Å². The van der Waals surface area contributed by atoms with Gasteiger partial charge in [0.1, 0.15) is 0 Å². The molecule has 0 aliphatic carbocycles. The third-order valence-corrected chi connectivity index (χ3v) is 5.47. The second-order valence-corrected chi connectivity index (χ2v) is 8.06. The molecule has 0 bridgehead atoms. The van der Waals surface area contributed by atoms with Gasteiger partial charge in [-0.25, -0.2) is 0 Å². The highest BCUT2D eigenvalue weighted by atomic mass is 35.5. The van der Waals surface area contributed by atoms with E-state index in [1.54, 1.807) is 11.3 Å². The molecule has 0 aliphatic rings. The summed E-state index contributed by atoms with van der Waals surface area (Å²) >= 11 is 7.49. The average Bonchev–Trinajstić information content (AvgIpc) is 3.33. The molecule has 28 heavy (non-hydrogen) atoms. The molecule has 0 radical (unpaired) electrons. The first-order chi connectivity index (χ1) is 13.5. The molecular weight excluding hydrogens is 396 g/mol. The van der Waals surface area contributed by atoms with Crippen LogP contribution in [-0.2, 0) is 11.3 Å². The first-order valence-corrected chi connectivity index (χ1v) is 10.6. The number of carbonyl (C=O) groups excluding carboxylic acids is 1. The van der Waals surface area contributed by atoms with E-state index in [1.807, 2.05) is 48.7 Å². The van der Waals surface area contributed by atoms with Crippen molar-refractivity contribution in [3.63, 3.8) is 0 Å². The van der Waals surface area contributed by atoms with Crippen molar-refractivity contribution in [3.8, 4) is 10.8 Å². The summed E-state index contributed by atoms with van der Waals surface area (Å²) < 4.78 is 5.77. The third-order valence-electron chi connectivity index (χ3n) is 4.36. The molecule has 0 aliphatic heterocycles. The molecule has 2 heterocycles. The van der Waals surface area contributed by atoms with Crippen molar-refractivity contribution in [1.82, 2.24) is 15.5 Å². The molecular formula is C20H24ClN4O2S+. The number of quaternary nitrogens is 1. The molecule has 8 heteroatoms. The van der Waals surface area contributed by atoms with Crippen LogP contribution in [0.25, 0.3) is 10.8 Å². The van der Waals surface area contributed by atoms with Gasteiger partial charge in [0.15, 0.2) is 13.1 Å². The van der Waals surface area contributed by atoms with Crippen molar-refractivity contribution < 1.29 is 14.1 Å². The number of amides is 1. The molecule has 0 saturated heterocycles. The largest absolute Gasteiger partial charge is 0.414 e. The summed E-state index contributed by atoms with van der Waals surface area (Å²) in [4.78, 5) is 14.6. The van der Waals surface area contributed by atoms with Crippen LogP contribution in [0.15, 0.2) is 46.2 Å². The van der Waals surface area contributed by atoms with Crippen LogP contribution in [0.2, 0.25) is 5.02 Å². The predicted octanol–water partition coefficient (Wildman–Crippen LogP) is 3.12. The second-order valence-electron chi connectivity index (χ2n) is 6.67. The van der Waals surface area contributed by atoms with E-state index in [-0.39, 0.29) is 11.9 Å². The summed E-state index contributed by atoms with van der Waals surface area (Å²) in [7, 11) is 0. The Labute approximate surface area is 173 Å². The molecule has 0 spiro atoms. The number of halogens is 1. The lowest BCUT2D eigenvalue weighted by atomic mass is 10.1. The number of nitrogens with one attached hydrogen (secondary N) is 2. The monoisotopic (exact) mass is 419 g/mol. The van der Waals surface area contributed by atoms with E-state index < -0.39 is 0 Å². The molecule has 148 valence electrons. The van der Waals surface area contributed by atoms with Gasteiger partial charge in [-0.05, 0) is 42.5 Å². The number of nitrogens with zero attached hydrogens (tertiary/aromatic N) is 2. The molecule has 1 aromatic carbocycles. The Morgan fingerprint density at radius 1 is 1.29 bits per heavy atom. The van der Waals surface area contributed by atoms with E-state index in [4.69, 9.17) is 16.0 Å². The van der Waals surface area contributed by atoms with Crippen LogP contribution in [0.5, 0.6) is 0 Å². The fourth-order valence-corrected chi connectivity index (χ4v) is 3.76. The SMILES string of the molecule is CCC[NH+](CC(=O)N[C@H](C)c1ccc(Cl)cc1)Cc1nnc(-c2cccs2)o1. The van der Waals surface area contributed by atoms with Gasteiger partial charge in [-0.15, -0.1) is 21.5 Å². The van der Waals surface area contributed by atoms with Crippen LogP contribution >= 0.6 is 22.9 Å². The highest BCUT2D eigenvalue weighted by Crippen LogP contribution is 2.22. The molecule has 3 aromatic rings. The van der Waals surface area contributed by atoms with Crippen molar-refractivity contribution in [2.75, 3.05) is 13.1 Å². The molecule has 0 saturated carbocycles. The minimum atomic E-state index is -0.0820. The van der Waals surface area contributed by atoms with E-state index in [0.29, 0.717) is 29.9 Å². The Balaban J connectivity index is 1.57. The fraction of sp³-hybridized carbons (Fsp3) is 0.350. The van der Waals surface area contributed by atoms with Crippen molar-refractivity contribution in [2.24, 2.45) is 0 Å². The Bertz CT molecular complexity index is 880. The van der Waals surface area contributed by atoms with Gasteiger partial charge in [0, 0.05) is 5.02 Å². The minimum absolute atomic E-state index is 0.0103. The van der Waals surface area contributed by atoms with Crippen molar-refractivity contribution in [1.29, 1.82) is 0 Å². The summed E-state index contributed by atoms with van der Waals surface area (Å²) in [5, 5.41) is 14.0. The predicted molar refractivity (Wildman–Crippen MR) is 110 cm³/mol. The van der Waals surface area contributed by atoms with Crippen molar-refractivity contribution in [3.05, 3.63) is 58.3 Å². The molecule has 1 unspecified atom stereocenters. The Kier molecular flexibility index (Phi) is 7.19. The number of carbonyl (C=O) groups is 1. The minimum Gasteiger partial charge on any atom is -0.414 e. The van der Waals surface area contributed by atoms with E-state index in [1.165, 1.54) is 0 Å².